The van der Waals surface area contributed by atoms with Gasteiger partial charge < -0.3 is 20.7 Å². The first-order valence-corrected chi connectivity index (χ1v) is 9.24. The first-order chi connectivity index (χ1) is 13.1. The van der Waals surface area contributed by atoms with Gasteiger partial charge in [0, 0.05) is 29.2 Å². The van der Waals surface area contributed by atoms with E-state index in [0.29, 0.717) is 11.7 Å². The standard InChI is InChI=1S/C20H22N6O/c1-25-8-5-12(6-9-25)20-24-17(18-19(21)22-7-10-26(18)20)15-11-13-14(23-15)3-2-4-16(13)27/h2-4,7,10-12,23,27H,5-6,8-9H2,1H3,(H2,21,22). The number of anilines is 1. The van der Waals surface area contributed by atoms with Crippen molar-refractivity contribution in [3.05, 3.63) is 42.5 Å². The molecule has 0 atom stereocenters. The van der Waals surface area contributed by atoms with E-state index in [2.05, 4.69) is 26.3 Å². The Morgan fingerprint density at radius 2 is 2.07 bits per heavy atom. The normalized spacial score (nSPS) is 16.5. The number of likely N-dealkylation sites (tertiary alicyclic amines) is 1. The summed E-state index contributed by atoms with van der Waals surface area (Å²) in [7, 11) is 2.16. The molecule has 0 spiro atoms. The minimum absolute atomic E-state index is 0.250. The van der Waals surface area contributed by atoms with E-state index in [9.17, 15) is 5.11 Å². The van der Waals surface area contributed by atoms with Gasteiger partial charge in [0.05, 0.1) is 5.69 Å². The zero-order chi connectivity index (χ0) is 18.5. The fourth-order valence-electron chi connectivity index (χ4n) is 4.10. The summed E-state index contributed by atoms with van der Waals surface area (Å²) in [5.74, 6) is 2.13. The minimum atomic E-state index is 0.250. The molecule has 3 aromatic heterocycles. The second-order valence-electron chi connectivity index (χ2n) is 7.35. The molecule has 1 saturated heterocycles. The number of rotatable bonds is 2. The minimum Gasteiger partial charge on any atom is -0.507 e. The van der Waals surface area contributed by atoms with E-state index < -0.39 is 0 Å². The molecule has 0 bridgehead atoms. The van der Waals surface area contributed by atoms with Crippen molar-refractivity contribution in [1.29, 1.82) is 0 Å². The van der Waals surface area contributed by atoms with Crippen LogP contribution in [0.5, 0.6) is 5.75 Å². The number of nitrogens with zero attached hydrogens (tertiary/aromatic N) is 4. The van der Waals surface area contributed by atoms with E-state index in [4.69, 9.17) is 10.7 Å². The van der Waals surface area contributed by atoms with Crippen LogP contribution in [0.1, 0.15) is 24.6 Å². The van der Waals surface area contributed by atoms with Crippen LogP contribution in [0.4, 0.5) is 5.82 Å². The van der Waals surface area contributed by atoms with Crippen LogP contribution in [-0.2, 0) is 0 Å². The highest BCUT2D eigenvalue weighted by Crippen LogP contribution is 2.36. The van der Waals surface area contributed by atoms with Crippen molar-refractivity contribution >= 4 is 22.2 Å². The molecule has 1 aliphatic heterocycles. The number of hydrogen-bond donors (Lipinski definition) is 3. The first kappa shape index (κ1) is 16.1. The Kier molecular flexibility index (Phi) is 3.58. The number of nitrogens with two attached hydrogens (primary N) is 1. The Labute approximate surface area is 156 Å². The number of aromatic hydroxyl groups is 1. The monoisotopic (exact) mass is 362 g/mol. The Bertz CT molecular complexity index is 1140. The molecule has 7 heteroatoms. The predicted octanol–water partition coefficient (Wildman–Crippen LogP) is 2.97. The van der Waals surface area contributed by atoms with Crippen molar-refractivity contribution < 1.29 is 5.11 Å². The van der Waals surface area contributed by atoms with Crippen molar-refractivity contribution in [3.8, 4) is 17.1 Å². The Hall–Kier alpha value is -3.06. The summed E-state index contributed by atoms with van der Waals surface area (Å²) >= 11 is 0. The van der Waals surface area contributed by atoms with Gasteiger partial charge in [0.2, 0.25) is 0 Å². The molecule has 0 unspecified atom stereocenters. The van der Waals surface area contributed by atoms with E-state index in [1.54, 1.807) is 12.3 Å². The second-order valence-corrected chi connectivity index (χ2v) is 7.35. The number of fused-ring (bicyclic) bond motifs is 2. The number of aromatic nitrogens is 4. The number of nitrogen functional groups attached to an aromatic ring is 1. The van der Waals surface area contributed by atoms with Gasteiger partial charge in [0.1, 0.15) is 28.6 Å². The highest BCUT2D eigenvalue weighted by Gasteiger charge is 2.26. The maximum Gasteiger partial charge on any atom is 0.150 e. The van der Waals surface area contributed by atoms with Crippen LogP contribution < -0.4 is 5.73 Å². The molecular formula is C20H22N6O. The van der Waals surface area contributed by atoms with Crippen LogP contribution in [-0.4, -0.2) is 49.5 Å². The van der Waals surface area contributed by atoms with Crippen LogP contribution in [0, 0.1) is 0 Å². The Balaban J connectivity index is 1.71. The number of phenols is 1. The molecule has 1 aliphatic rings. The van der Waals surface area contributed by atoms with Crippen molar-refractivity contribution in [1.82, 2.24) is 24.3 Å². The lowest BCUT2D eigenvalue weighted by Crippen LogP contribution is -2.29. The van der Waals surface area contributed by atoms with Gasteiger partial charge in [-0.05, 0) is 51.2 Å². The summed E-state index contributed by atoms with van der Waals surface area (Å²) in [5.41, 5.74) is 9.55. The van der Waals surface area contributed by atoms with Crippen molar-refractivity contribution in [2.45, 2.75) is 18.8 Å². The summed E-state index contributed by atoms with van der Waals surface area (Å²) in [4.78, 5) is 15.0. The number of H-pyrrole nitrogens is 1. The maximum absolute atomic E-state index is 10.1. The molecule has 0 saturated carbocycles. The third-order valence-corrected chi connectivity index (χ3v) is 5.59. The van der Waals surface area contributed by atoms with Crippen LogP contribution in [0.25, 0.3) is 27.8 Å². The largest absolute Gasteiger partial charge is 0.507 e. The van der Waals surface area contributed by atoms with Gasteiger partial charge in [-0.1, -0.05) is 6.07 Å². The van der Waals surface area contributed by atoms with Gasteiger partial charge in [0.15, 0.2) is 0 Å². The average molecular weight is 362 g/mol. The van der Waals surface area contributed by atoms with Crippen LogP contribution >= 0.6 is 0 Å². The molecular weight excluding hydrogens is 340 g/mol. The lowest BCUT2D eigenvalue weighted by Gasteiger charge is -2.28. The number of piperidine rings is 1. The molecule has 4 heterocycles. The molecule has 4 N–H and O–H groups in total. The zero-order valence-corrected chi connectivity index (χ0v) is 15.2. The van der Waals surface area contributed by atoms with E-state index >= 15 is 0 Å². The topological polar surface area (TPSA) is 95.5 Å². The second kappa shape index (κ2) is 5.99. The van der Waals surface area contributed by atoms with Crippen molar-refractivity contribution in [2.75, 3.05) is 25.9 Å². The number of benzene rings is 1. The predicted molar refractivity (Wildman–Crippen MR) is 106 cm³/mol. The van der Waals surface area contributed by atoms with Gasteiger partial charge in [-0.15, -0.1) is 0 Å². The molecule has 5 rings (SSSR count). The fourth-order valence-corrected chi connectivity index (χ4v) is 4.10. The van der Waals surface area contributed by atoms with Gasteiger partial charge in [-0.25, -0.2) is 9.97 Å². The van der Waals surface area contributed by atoms with Crippen LogP contribution in [0.3, 0.4) is 0 Å². The quantitative estimate of drug-likeness (QED) is 0.509. The van der Waals surface area contributed by atoms with E-state index in [-0.39, 0.29) is 5.75 Å². The third-order valence-electron chi connectivity index (χ3n) is 5.59. The summed E-state index contributed by atoms with van der Waals surface area (Å²) in [6.07, 6.45) is 5.81. The van der Waals surface area contributed by atoms with Crippen LogP contribution in [0.15, 0.2) is 36.7 Å². The molecule has 4 aromatic rings. The molecule has 1 fully saturated rings. The number of nitrogens with one attached hydrogen (secondary N) is 1. The number of phenolic OH excluding ortho intramolecular Hbond substituents is 1. The fraction of sp³-hybridized carbons (Fsp3) is 0.300. The lowest BCUT2D eigenvalue weighted by atomic mass is 9.96. The first-order valence-electron chi connectivity index (χ1n) is 9.24. The highest BCUT2D eigenvalue weighted by molar-refractivity contribution is 5.94. The summed E-state index contributed by atoms with van der Waals surface area (Å²) in [6.45, 7) is 2.13. The molecule has 138 valence electrons. The van der Waals surface area contributed by atoms with E-state index in [0.717, 1.165) is 59.6 Å². The molecule has 0 amide bonds. The number of aromatic amines is 1. The van der Waals surface area contributed by atoms with Gasteiger partial charge in [-0.2, -0.15) is 0 Å². The van der Waals surface area contributed by atoms with Gasteiger partial charge >= 0.3 is 0 Å². The Morgan fingerprint density at radius 3 is 2.85 bits per heavy atom. The van der Waals surface area contributed by atoms with Crippen molar-refractivity contribution in [2.24, 2.45) is 0 Å². The maximum atomic E-state index is 10.1. The van der Waals surface area contributed by atoms with E-state index in [1.807, 2.05) is 24.4 Å². The van der Waals surface area contributed by atoms with Gasteiger partial charge in [0.25, 0.3) is 0 Å². The van der Waals surface area contributed by atoms with Crippen molar-refractivity contribution in [3.63, 3.8) is 0 Å². The third kappa shape index (κ3) is 2.54. The molecule has 7 nitrogen and oxygen atoms in total. The smallest absolute Gasteiger partial charge is 0.150 e. The van der Waals surface area contributed by atoms with E-state index in [1.165, 1.54) is 0 Å². The highest BCUT2D eigenvalue weighted by atomic mass is 16.3. The SMILES string of the molecule is CN1CCC(c2nc(-c3cc4c(O)cccc4[nH]3)c3c(N)nccn23)CC1. The van der Waals surface area contributed by atoms with Crippen LogP contribution in [0.2, 0.25) is 0 Å². The Morgan fingerprint density at radius 1 is 1.26 bits per heavy atom. The summed E-state index contributed by atoms with van der Waals surface area (Å²) in [5, 5.41) is 10.9. The zero-order valence-electron chi connectivity index (χ0n) is 15.2. The molecule has 0 radical (unpaired) electrons. The lowest BCUT2D eigenvalue weighted by molar-refractivity contribution is 0.251. The molecule has 27 heavy (non-hydrogen) atoms. The number of imidazole rings is 1. The molecule has 1 aromatic carbocycles. The molecule has 0 aliphatic carbocycles. The average Bonchev–Trinajstić information content (AvgIpc) is 3.26. The summed E-state index contributed by atoms with van der Waals surface area (Å²) < 4.78 is 2.08. The van der Waals surface area contributed by atoms with Gasteiger partial charge in [-0.3, -0.25) is 4.40 Å². The summed E-state index contributed by atoms with van der Waals surface area (Å²) in [6, 6.07) is 7.38. The number of hydrogen-bond acceptors (Lipinski definition) is 5.